The highest BCUT2D eigenvalue weighted by atomic mass is 32.2. The van der Waals surface area contributed by atoms with Crippen LogP contribution in [-0.2, 0) is 5.75 Å². The van der Waals surface area contributed by atoms with Crippen LogP contribution >= 0.6 is 11.8 Å². The van der Waals surface area contributed by atoms with Gasteiger partial charge in [-0.1, -0.05) is 54.2 Å². The van der Waals surface area contributed by atoms with Crippen LogP contribution in [0.1, 0.15) is 17.4 Å². The molecule has 0 amide bonds. The van der Waals surface area contributed by atoms with E-state index in [0.29, 0.717) is 39.5 Å². The number of halogens is 1. The number of thioether (sulfide) groups is 1. The number of rotatable bonds is 6. The molecule has 5 rings (SSSR count). The van der Waals surface area contributed by atoms with Crippen molar-refractivity contribution >= 4 is 17.4 Å². The fourth-order valence-corrected chi connectivity index (χ4v) is 4.49. The monoisotopic (exact) mass is 476 g/mol. The van der Waals surface area contributed by atoms with Crippen LogP contribution in [0.3, 0.4) is 0 Å². The van der Waals surface area contributed by atoms with Gasteiger partial charge < -0.3 is 19.5 Å². The fraction of sp³-hybridized carbons (Fsp3) is 0.160. The standard InChI is InChI=1S/C25H21FN4O3S/c1-31-20-13-7-10-17(22(20)32-2)23-27-19-12-6-4-9-16(19)21-24(33-23)28-25(30-29-21)34-14-15-8-3-5-11-18(15)26/h3-13,23,27H,14H2,1-2H3/t23-/m1/s1. The van der Waals surface area contributed by atoms with Gasteiger partial charge in [0.1, 0.15) is 5.82 Å². The molecule has 0 saturated heterocycles. The number of hydrogen-bond acceptors (Lipinski definition) is 8. The third kappa shape index (κ3) is 4.22. The summed E-state index contributed by atoms with van der Waals surface area (Å²) in [4.78, 5) is 4.62. The first-order valence-corrected chi connectivity index (χ1v) is 11.5. The largest absolute Gasteiger partial charge is 0.493 e. The third-order valence-electron chi connectivity index (χ3n) is 5.36. The van der Waals surface area contributed by atoms with E-state index in [1.807, 2.05) is 42.5 Å². The summed E-state index contributed by atoms with van der Waals surface area (Å²) in [5, 5.41) is 12.5. The van der Waals surface area contributed by atoms with Gasteiger partial charge in [0, 0.05) is 17.0 Å². The molecule has 1 N–H and O–H groups in total. The van der Waals surface area contributed by atoms with Crippen LogP contribution < -0.4 is 19.5 Å². The summed E-state index contributed by atoms with van der Waals surface area (Å²) in [6.07, 6.45) is -0.631. The Labute approximate surface area is 200 Å². The number of anilines is 1. The number of nitrogens with zero attached hydrogens (tertiary/aromatic N) is 3. The second-order valence-electron chi connectivity index (χ2n) is 7.40. The Kier molecular flexibility index (Phi) is 6.18. The number of para-hydroxylation sites is 2. The lowest BCUT2D eigenvalue weighted by Crippen LogP contribution is -2.18. The lowest BCUT2D eigenvalue weighted by atomic mass is 10.1. The van der Waals surface area contributed by atoms with Crippen molar-refractivity contribution in [2.24, 2.45) is 0 Å². The van der Waals surface area contributed by atoms with Gasteiger partial charge in [-0.2, -0.15) is 4.98 Å². The predicted molar refractivity (Wildman–Crippen MR) is 128 cm³/mol. The van der Waals surface area contributed by atoms with E-state index in [1.54, 1.807) is 32.4 Å². The molecule has 0 radical (unpaired) electrons. The summed E-state index contributed by atoms with van der Waals surface area (Å²) >= 11 is 1.29. The highest BCUT2D eigenvalue weighted by Crippen LogP contribution is 2.43. The van der Waals surface area contributed by atoms with E-state index in [1.165, 1.54) is 17.8 Å². The van der Waals surface area contributed by atoms with Crippen molar-refractivity contribution in [1.82, 2.24) is 15.2 Å². The van der Waals surface area contributed by atoms with Crippen LogP contribution in [0, 0.1) is 5.82 Å². The Bertz CT molecular complexity index is 1340. The first-order chi connectivity index (χ1) is 16.7. The van der Waals surface area contributed by atoms with Gasteiger partial charge >= 0.3 is 0 Å². The molecule has 172 valence electrons. The number of ether oxygens (including phenoxy) is 3. The molecule has 4 aromatic rings. The molecule has 1 aromatic heterocycles. The Balaban J connectivity index is 1.53. The average Bonchev–Trinajstić information content (AvgIpc) is 3.04. The zero-order valence-electron chi connectivity index (χ0n) is 18.5. The minimum absolute atomic E-state index is 0.266. The summed E-state index contributed by atoms with van der Waals surface area (Å²) in [5.74, 6) is 1.56. The SMILES string of the molecule is COc1cccc([C@@H]2Nc3ccccc3-c3nnc(SCc4ccccc4F)nc3O2)c1OC. The van der Waals surface area contributed by atoms with Crippen LogP contribution in [-0.4, -0.2) is 29.4 Å². The highest BCUT2D eigenvalue weighted by Gasteiger charge is 2.29. The normalized spacial score (nSPS) is 14.1. The molecular formula is C25H21FN4O3S. The molecule has 0 aliphatic carbocycles. The first kappa shape index (κ1) is 22.0. The van der Waals surface area contributed by atoms with Crippen LogP contribution in [0.25, 0.3) is 11.3 Å². The molecule has 3 aromatic carbocycles. The summed E-state index contributed by atoms with van der Waals surface area (Å²) in [6.45, 7) is 0. The zero-order valence-corrected chi connectivity index (χ0v) is 19.3. The van der Waals surface area contributed by atoms with Gasteiger partial charge in [-0.05, 0) is 29.8 Å². The van der Waals surface area contributed by atoms with E-state index in [0.717, 1.165) is 16.8 Å². The molecule has 34 heavy (non-hydrogen) atoms. The van der Waals surface area contributed by atoms with E-state index >= 15 is 0 Å². The number of aromatic nitrogens is 3. The van der Waals surface area contributed by atoms with Gasteiger partial charge in [-0.3, -0.25) is 0 Å². The van der Waals surface area contributed by atoms with Gasteiger partial charge in [-0.15, -0.1) is 10.2 Å². The van der Waals surface area contributed by atoms with E-state index in [9.17, 15) is 4.39 Å². The molecule has 1 aliphatic heterocycles. The molecule has 2 heterocycles. The summed E-state index contributed by atoms with van der Waals surface area (Å²) < 4.78 is 31.5. The Hall–Kier alpha value is -3.85. The van der Waals surface area contributed by atoms with E-state index < -0.39 is 6.23 Å². The number of nitrogens with one attached hydrogen (secondary N) is 1. The van der Waals surface area contributed by atoms with E-state index in [4.69, 9.17) is 14.2 Å². The Morgan fingerprint density at radius 3 is 2.62 bits per heavy atom. The fourth-order valence-electron chi connectivity index (χ4n) is 3.73. The Morgan fingerprint density at radius 1 is 0.971 bits per heavy atom. The maximum absolute atomic E-state index is 14.0. The minimum atomic E-state index is -0.631. The van der Waals surface area contributed by atoms with Crippen molar-refractivity contribution in [1.29, 1.82) is 0 Å². The topological polar surface area (TPSA) is 78.4 Å². The van der Waals surface area contributed by atoms with Gasteiger partial charge in [-0.25, -0.2) is 4.39 Å². The van der Waals surface area contributed by atoms with Gasteiger partial charge in [0.25, 0.3) is 0 Å². The summed E-state index contributed by atoms with van der Waals surface area (Å²) in [7, 11) is 3.17. The van der Waals surface area contributed by atoms with Crippen molar-refractivity contribution in [2.45, 2.75) is 17.1 Å². The van der Waals surface area contributed by atoms with Crippen molar-refractivity contribution < 1.29 is 18.6 Å². The summed E-state index contributed by atoms with van der Waals surface area (Å²) in [5.41, 5.74) is 3.45. The van der Waals surface area contributed by atoms with Crippen LogP contribution in [0.15, 0.2) is 71.9 Å². The zero-order chi connectivity index (χ0) is 23.5. The first-order valence-electron chi connectivity index (χ1n) is 10.5. The molecule has 1 atom stereocenters. The van der Waals surface area contributed by atoms with Gasteiger partial charge in [0.05, 0.1) is 19.8 Å². The lowest BCUT2D eigenvalue weighted by molar-refractivity contribution is 0.218. The smallest absolute Gasteiger partial charge is 0.247 e. The highest BCUT2D eigenvalue weighted by molar-refractivity contribution is 7.98. The second-order valence-corrected chi connectivity index (χ2v) is 8.34. The minimum Gasteiger partial charge on any atom is -0.493 e. The maximum atomic E-state index is 14.0. The van der Waals surface area contributed by atoms with Crippen LogP contribution in [0.5, 0.6) is 17.4 Å². The van der Waals surface area contributed by atoms with Crippen molar-refractivity contribution in [3.05, 3.63) is 83.7 Å². The average molecular weight is 477 g/mol. The maximum Gasteiger partial charge on any atom is 0.247 e. The van der Waals surface area contributed by atoms with Crippen LogP contribution in [0.2, 0.25) is 0 Å². The quantitative estimate of drug-likeness (QED) is 0.366. The van der Waals surface area contributed by atoms with E-state index in [2.05, 4.69) is 20.5 Å². The molecule has 0 spiro atoms. The van der Waals surface area contributed by atoms with Crippen molar-refractivity contribution in [3.8, 4) is 28.6 Å². The molecule has 0 unspecified atom stereocenters. The van der Waals surface area contributed by atoms with Crippen LogP contribution in [0.4, 0.5) is 10.1 Å². The van der Waals surface area contributed by atoms with Gasteiger partial charge in [0.15, 0.2) is 17.2 Å². The molecule has 0 bridgehead atoms. The molecule has 0 saturated carbocycles. The number of benzene rings is 3. The molecular weight excluding hydrogens is 455 g/mol. The number of hydrogen-bond donors (Lipinski definition) is 1. The van der Waals surface area contributed by atoms with E-state index in [-0.39, 0.29) is 5.82 Å². The third-order valence-corrected chi connectivity index (χ3v) is 6.25. The van der Waals surface area contributed by atoms with Crippen molar-refractivity contribution in [2.75, 3.05) is 19.5 Å². The molecule has 0 fully saturated rings. The number of methoxy groups -OCH3 is 2. The number of fused-ring (bicyclic) bond motifs is 3. The Morgan fingerprint density at radius 2 is 1.79 bits per heavy atom. The lowest BCUT2D eigenvalue weighted by Gasteiger charge is -2.22. The van der Waals surface area contributed by atoms with Gasteiger partial charge in [0.2, 0.25) is 17.3 Å². The van der Waals surface area contributed by atoms with Crippen molar-refractivity contribution in [3.63, 3.8) is 0 Å². The molecule has 1 aliphatic rings. The second kappa shape index (κ2) is 9.56. The molecule has 9 heteroatoms. The predicted octanol–water partition coefficient (Wildman–Crippen LogP) is 5.49. The summed E-state index contributed by atoms with van der Waals surface area (Å²) in [6, 6.07) is 19.9. The molecule has 7 nitrogen and oxygen atoms in total.